The quantitative estimate of drug-likeness (QED) is 0.149. The van der Waals surface area contributed by atoms with Crippen molar-refractivity contribution in [1.29, 1.82) is 0 Å². The predicted molar refractivity (Wildman–Crippen MR) is 330 cm³/mol. The molecule has 79 heavy (non-hydrogen) atoms. The highest BCUT2D eigenvalue weighted by atomic mass is 15.0. The summed E-state index contributed by atoms with van der Waals surface area (Å²) in [5, 5.41) is 9.92. The summed E-state index contributed by atoms with van der Waals surface area (Å²) >= 11 is 0. The fraction of sp³-hybridized carbons (Fsp3) is 0.0400. The molecule has 1 aliphatic carbocycles. The van der Waals surface area contributed by atoms with Gasteiger partial charge in [-0.1, -0.05) is 202 Å². The minimum Gasteiger partial charge on any atom is -0.309 e. The average Bonchev–Trinajstić information content (AvgIpc) is 4.29. The summed E-state index contributed by atoms with van der Waals surface area (Å²) in [5.41, 5.74) is 21.9. The van der Waals surface area contributed by atoms with E-state index in [1.807, 2.05) is 6.07 Å². The number of fused-ring (bicyclic) bond motifs is 12. The van der Waals surface area contributed by atoms with Crippen LogP contribution in [0.25, 0.3) is 144 Å². The summed E-state index contributed by atoms with van der Waals surface area (Å²) in [7, 11) is 0. The molecule has 4 heteroatoms. The molecule has 0 amide bonds. The molecule has 0 saturated carbocycles. The Kier molecular flexibility index (Phi) is 9.95. The van der Waals surface area contributed by atoms with E-state index < -0.39 is 0 Å². The van der Waals surface area contributed by atoms with E-state index in [2.05, 4.69) is 284 Å². The lowest BCUT2D eigenvalue weighted by atomic mass is 9.82. The van der Waals surface area contributed by atoms with Crippen LogP contribution < -0.4 is 0 Å². The van der Waals surface area contributed by atoms with Crippen LogP contribution in [0, 0.1) is 0 Å². The van der Waals surface area contributed by atoms with Crippen molar-refractivity contribution in [3.8, 4) is 78.7 Å². The summed E-state index contributed by atoms with van der Waals surface area (Å²) in [5.74, 6) is 0.709. The zero-order chi connectivity index (χ0) is 52.3. The Labute approximate surface area is 457 Å². The standard InChI is InChI=1S/C75H50N4/c1-75(2)66-22-12-9-19-60(66)61-38-32-55(44-67(61)75)69-46-68(76-74(77-69)48-15-5-3-6-16-48)47-27-34-57(35-28-47)79-70-23-13-10-20-62(70)64-39-31-52(45-73(64)79)50-30-37-59-54(42-50)26-25-53-41-49(29-36-58(53)59)51-33-40-72-65(43-51)63-21-11-14-24-71(63)78(72)56-17-7-4-8-18-56/h3-46H,1-2H3. The number of hydrogen-bond acceptors (Lipinski definition) is 2. The van der Waals surface area contributed by atoms with Gasteiger partial charge in [-0.15, -0.1) is 0 Å². The Bertz CT molecular complexity index is 4960. The first-order chi connectivity index (χ1) is 38.9. The van der Waals surface area contributed by atoms with Crippen molar-refractivity contribution < 1.29 is 0 Å². The van der Waals surface area contributed by atoms with Gasteiger partial charge in [0.1, 0.15) is 0 Å². The molecule has 370 valence electrons. The van der Waals surface area contributed by atoms with Crippen LogP contribution in [0.4, 0.5) is 0 Å². The first-order valence-electron chi connectivity index (χ1n) is 27.3. The van der Waals surface area contributed by atoms with Crippen molar-refractivity contribution >= 4 is 65.2 Å². The molecule has 3 heterocycles. The van der Waals surface area contributed by atoms with Crippen LogP contribution >= 0.6 is 0 Å². The number of rotatable bonds is 7. The van der Waals surface area contributed by atoms with Crippen molar-refractivity contribution in [1.82, 2.24) is 19.1 Å². The molecule has 4 nitrogen and oxygen atoms in total. The van der Waals surface area contributed by atoms with Crippen LogP contribution in [0.15, 0.2) is 267 Å². The number of para-hydroxylation sites is 3. The maximum absolute atomic E-state index is 5.23. The Morgan fingerprint density at radius 1 is 0.278 bits per heavy atom. The van der Waals surface area contributed by atoms with Crippen molar-refractivity contribution in [3.63, 3.8) is 0 Å². The Hall–Kier alpha value is -10.2. The molecule has 0 atom stereocenters. The molecule has 0 spiro atoms. The highest BCUT2D eigenvalue weighted by Crippen LogP contribution is 2.50. The van der Waals surface area contributed by atoms with Crippen LogP contribution in [0.2, 0.25) is 0 Å². The van der Waals surface area contributed by atoms with Crippen molar-refractivity contribution in [2.45, 2.75) is 19.3 Å². The smallest absolute Gasteiger partial charge is 0.160 e. The van der Waals surface area contributed by atoms with E-state index in [1.54, 1.807) is 0 Å². The fourth-order valence-electron chi connectivity index (χ4n) is 13.0. The van der Waals surface area contributed by atoms with Gasteiger partial charge in [0, 0.05) is 55.0 Å². The van der Waals surface area contributed by atoms with E-state index in [1.165, 1.54) is 110 Å². The van der Waals surface area contributed by atoms with Gasteiger partial charge in [-0.2, -0.15) is 0 Å². The summed E-state index contributed by atoms with van der Waals surface area (Å²) in [6, 6.07) is 97.5. The second kappa shape index (κ2) is 17.4. The average molecular weight is 1010 g/mol. The van der Waals surface area contributed by atoms with Crippen LogP contribution in [0.3, 0.4) is 0 Å². The molecule has 15 aromatic rings. The second-order valence-electron chi connectivity index (χ2n) is 21.7. The van der Waals surface area contributed by atoms with E-state index in [-0.39, 0.29) is 5.41 Å². The molecular formula is C75H50N4. The molecule has 0 aliphatic heterocycles. The Morgan fingerprint density at radius 2 is 0.759 bits per heavy atom. The van der Waals surface area contributed by atoms with Crippen molar-refractivity contribution in [2.75, 3.05) is 0 Å². The Balaban J connectivity index is 0.742. The molecule has 3 aromatic heterocycles. The van der Waals surface area contributed by atoms with E-state index >= 15 is 0 Å². The third-order valence-corrected chi connectivity index (χ3v) is 16.9. The van der Waals surface area contributed by atoms with Crippen LogP contribution in [0.1, 0.15) is 25.0 Å². The number of nitrogens with zero attached hydrogens (tertiary/aromatic N) is 4. The van der Waals surface area contributed by atoms with E-state index in [4.69, 9.17) is 9.97 Å². The molecular weight excluding hydrogens is 957 g/mol. The van der Waals surface area contributed by atoms with Gasteiger partial charge in [0.15, 0.2) is 5.82 Å². The number of benzene rings is 12. The summed E-state index contributed by atoms with van der Waals surface area (Å²) in [4.78, 5) is 10.5. The largest absolute Gasteiger partial charge is 0.309 e. The third-order valence-electron chi connectivity index (χ3n) is 16.9. The van der Waals surface area contributed by atoms with E-state index in [0.717, 1.165) is 39.3 Å². The van der Waals surface area contributed by atoms with Gasteiger partial charge < -0.3 is 9.13 Å². The van der Waals surface area contributed by atoms with Gasteiger partial charge in [0.05, 0.1) is 33.5 Å². The SMILES string of the molecule is CC1(C)c2ccccc2-c2ccc(-c3cc(-c4ccc(-n5c6ccccc6c6ccc(-c7ccc8c(ccc9cc(-c%10ccc%11c(c%10)c%10ccccc%10n%11-c%10ccccc%10)ccc98)c7)cc65)cc4)nc(-c4ccccc4)n3)cc21. The third kappa shape index (κ3) is 7.15. The summed E-state index contributed by atoms with van der Waals surface area (Å²) < 4.78 is 4.79. The van der Waals surface area contributed by atoms with Crippen LogP contribution in [-0.2, 0) is 5.41 Å². The van der Waals surface area contributed by atoms with Crippen molar-refractivity contribution in [3.05, 3.63) is 278 Å². The summed E-state index contributed by atoms with van der Waals surface area (Å²) in [6.45, 7) is 4.66. The van der Waals surface area contributed by atoms with Gasteiger partial charge in [0.25, 0.3) is 0 Å². The fourth-order valence-corrected chi connectivity index (χ4v) is 13.0. The molecule has 12 aromatic carbocycles. The molecule has 0 unspecified atom stereocenters. The number of aromatic nitrogens is 4. The van der Waals surface area contributed by atoms with Gasteiger partial charge in [-0.3, -0.25) is 0 Å². The second-order valence-corrected chi connectivity index (χ2v) is 21.7. The first kappa shape index (κ1) is 45.1. The van der Waals surface area contributed by atoms with Crippen LogP contribution in [-0.4, -0.2) is 19.1 Å². The summed E-state index contributed by atoms with van der Waals surface area (Å²) in [6.07, 6.45) is 0. The van der Waals surface area contributed by atoms with Gasteiger partial charge >= 0.3 is 0 Å². The monoisotopic (exact) mass is 1010 g/mol. The number of hydrogen-bond donors (Lipinski definition) is 0. The first-order valence-corrected chi connectivity index (χ1v) is 27.3. The molecule has 0 saturated heterocycles. The van der Waals surface area contributed by atoms with E-state index in [9.17, 15) is 0 Å². The molecule has 0 fully saturated rings. The minimum absolute atomic E-state index is 0.118. The molecule has 1 aliphatic rings. The van der Waals surface area contributed by atoms with Gasteiger partial charge in [-0.25, -0.2) is 9.97 Å². The lowest BCUT2D eigenvalue weighted by molar-refractivity contribution is 0.660. The highest BCUT2D eigenvalue weighted by Gasteiger charge is 2.35. The molecule has 0 radical (unpaired) electrons. The topological polar surface area (TPSA) is 35.6 Å². The van der Waals surface area contributed by atoms with Gasteiger partial charge in [0.2, 0.25) is 0 Å². The van der Waals surface area contributed by atoms with Crippen LogP contribution in [0.5, 0.6) is 0 Å². The Morgan fingerprint density at radius 3 is 1.47 bits per heavy atom. The maximum Gasteiger partial charge on any atom is 0.160 e. The zero-order valence-corrected chi connectivity index (χ0v) is 43.7. The predicted octanol–water partition coefficient (Wildman–Crippen LogP) is 19.6. The zero-order valence-electron chi connectivity index (χ0n) is 43.7. The molecule has 16 rings (SSSR count). The minimum atomic E-state index is -0.118. The normalized spacial score (nSPS) is 12.8. The lowest BCUT2D eigenvalue weighted by Gasteiger charge is -2.22. The van der Waals surface area contributed by atoms with Gasteiger partial charge in [-0.05, 0) is 145 Å². The van der Waals surface area contributed by atoms with E-state index in [0.29, 0.717) is 5.82 Å². The highest BCUT2D eigenvalue weighted by molar-refractivity contribution is 6.13. The molecule has 0 bridgehead atoms. The maximum atomic E-state index is 5.23. The lowest BCUT2D eigenvalue weighted by Crippen LogP contribution is -2.14. The van der Waals surface area contributed by atoms with Crippen molar-refractivity contribution in [2.24, 2.45) is 0 Å². The molecule has 0 N–H and O–H groups in total.